The Balaban J connectivity index is 2.92. The van der Waals surface area contributed by atoms with E-state index in [1.807, 2.05) is 0 Å². The lowest BCUT2D eigenvalue weighted by Gasteiger charge is -1.98. The van der Waals surface area contributed by atoms with Gasteiger partial charge in [-0.15, -0.1) is 0 Å². The molecule has 0 aliphatic heterocycles. The molecule has 0 amide bonds. The first-order chi connectivity index (χ1) is 4.77. The van der Waals surface area contributed by atoms with Gasteiger partial charge >= 0.3 is 0 Å². The Kier molecular flexibility index (Phi) is 6.25. The van der Waals surface area contributed by atoms with Gasteiger partial charge in [-0.2, -0.15) is 5.26 Å². The maximum absolute atomic E-state index is 8.15. The minimum Gasteiger partial charge on any atom is -0.312 e. The fourth-order valence-corrected chi connectivity index (χ4v) is 0.611. The summed E-state index contributed by atoms with van der Waals surface area (Å²) in [4.78, 5) is 0. The van der Waals surface area contributed by atoms with Crippen LogP contribution in [0.3, 0.4) is 0 Å². The summed E-state index contributed by atoms with van der Waals surface area (Å²) in [5, 5.41) is 11.8. The predicted molar refractivity (Wildman–Crippen MR) is 42.7 cm³/mol. The van der Waals surface area contributed by atoms with E-state index in [9.17, 15) is 0 Å². The van der Waals surface area contributed by atoms with Gasteiger partial charge in [-0.1, -0.05) is 18.2 Å². The van der Waals surface area contributed by atoms with Crippen molar-refractivity contribution in [2.75, 3.05) is 13.1 Å². The van der Waals surface area contributed by atoms with Gasteiger partial charge in [0.05, 0.1) is 6.07 Å². The highest BCUT2D eigenvalue weighted by atomic mass is 35.5. The molecule has 0 aliphatic carbocycles. The van der Waals surface area contributed by atoms with Crippen molar-refractivity contribution in [2.24, 2.45) is 0 Å². The molecule has 0 spiro atoms. The van der Waals surface area contributed by atoms with Crippen molar-refractivity contribution in [3.05, 3.63) is 11.6 Å². The van der Waals surface area contributed by atoms with Crippen molar-refractivity contribution >= 4 is 11.6 Å². The molecule has 0 aromatic rings. The van der Waals surface area contributed by atoms with Crippen LogP contribution < -0.4 is 5.32 Å². The first-order valence-electron chi connectivity index (χ1n) is 3.18. The lowest BCUT2D eigenvalue weighted by Crippen LogP contribution is -2.16. The van der Waals surface area contributed by atoms with Crippen molar-refractivity contribution in [1.82, 2.24) is 5.32 Å². The molecule has 10 heavy (non-hydrogen) atoms. The van der Waals surface area contributed by atoms with E-state index in [1.54, 1.807) is 0 Å². The third-order valence-electron chi connectivity index (χ3n) is 0.959. The molecule has 0 aliphatic rings. The third kappa shape index (κ3) is 7.48. The lowest BCUT2D eigenvalue weighted by molar-refractivity contribution is 0.701. The van der Waals surface area contributed by atoms with E-state index in [0.29, 0.717) is 18.0 Å². The second-order valence-electron chi connectivity index (χ2n) is 1.96. The second-order valence-corrected chi connectivity index (χ2v) is 2.49. The van der Waals surface area contributed by atoms with Crippen LogP contribution in [-0.2, 0) is 0 Å². The summed E-state index contributed by atoms with van der Waals surface area (Å²) in [5.41, 5.74) is 0. The molecule has 56 valence electrons. The molecule has 0 bridgehead atoms. The fourth-order valence-electron chi connectivity index (χ4n) is 0.516. The van der Waals surface area contributed by atoms with Crippen molar-refractivity contribution in [3.8, 4) is 6.07 Å². The van der Waals surface area contributed by atoms with Gasteiger partial charge in [0.25, 0.3) is 0 Å². The molecule has 0 saturated heterocycles. The van der Waals surface area contributed by atoms with Gasteiger partial charge in [-0.05, 0) is 13.0 Å². The van der Waals surface area contributed by atoms with Crippen LogP contribution in [0.5, 0.6) is 0 Å². The van der Waals surface area contributed by atoms with Gasteiger partial charge < -0.3 is 5.32 Å². The van der Waals surface area contributed by atoms with E-state index in [4.69, 9.17) is 16.9 Å². The van der Waals surface area contributed by atoms with Gasteiger partial charge in [0.15, 0.2) is 0 Å². The van der Waals surface area contributed by atoms with Gasteiger partial charge in [0.2, 0.25) is 0 Å². The number of hydrogen-bond donors (Lipinski definition) is 1. The van der Waals surface area contributed by atoms with Crippen molar-refractivity contribution in [2.45, 2.75) is 12.8 Å². The van der Waals surface area contributed by atoms with E-state index in [0.717, 1.165) is 13.0 Å². The van der Waals surface area contributed by atoms with Crippen LogP contribution >= 0.6 is 11.6 Å². The summed E-state index contributed by atoms with van der Waals surface area (Å²) in [6.45, 7) is 4.98. The molecule has 0 aromatic carbocycles. The monoisotopic (exact) mass is 158 g/mol. The van der Waals surface area contributed by atoms with Crippen LogP contribution in [0.1, 0.15) is 12.8 Å². The Labute approximate surface area is 66.5 Å². The summed E-state index contributed by atoms with van der Waals surface area (Å²) in [7, 11) is 0. The van der Waals surface area contributed by atoms with Crippen LogP contribution in [-0.4, -0.2) is 13.1 Å². The summed E-state index contributed by atoms with van der Waals surface area (Å²) in [6, 6.07) is 2.06. The van der Waals surface area contributed by atoms with Gasteiger partial charge in [0.1, 0.15) is 0 Å². The Morgan fingerprint density at radius 1 is 1.70 bits per heavy atom. The quantitative estimate of drug-likeness (QED) is 0.618. The van der Waals surface area contributed by atoms with Crippen LogP contribution in [0.25, 0.3) is 0 Å². The minimum atomic E-state index is 0.599. The molecule has 0 aromatic heterocycles. The fraction of sp³-hybridized carbons (Fsp3) is 0.571. The molecule has 2 nitrogen and oxygen atoms in total. The minimum absolute atomic E-state index is 0.599. The molecule has 0 atom stereocenters. The number of nitrogens with one attached hydrogen (secondary N) is 1. The predicted octanol–water partition coefficient (Wildman–Crippen LogP) is 1.63. The first kappa shape index (κ1) is 9.48. The largest absolute Gasteiger partial charge is 0.312 e. The number of nitrogens with zero attached hydrogens (tertiary/aromatic N) is 1. The van der Waals surface area contributed by atoms with Gasteiger partial charge in [0, 0.05) is 18.0 Å². The maximum atomic E-state index is 8.15. The highest BCUT2D eigenvalue weighted by Gasteiger charge is 1.87. The molecule has 0 unspecified atom stereocenters. The zero-order valence-corrected chi connectivity index (χ0v) is 6.62. The number of hydrogen-bond acceptors (Lipinski definition) is 2. The Morgan fingerprint density at radius 3 is 2.90 bits per heavy atom. The van der Waals surface area contributed by atoms with Crippen LogP contribution in [0.2, 0.25) is 0 Å². The molecule has 0 radical (unpaired) electrons. The van der Waals surface area contributed by atoms with Crippen LogP contribution in [0, 0.1) is 11.3 Å². The van der Waals surface area contributed by atoms with Gasteiger partial charge in [-0.3, -0.25) is 0 Å². The van der Waals surface area contributed by atoms with Crippen molar-refractivity contribution in [1.29, 1.82) is 5.26 Å². The molecule has 0 saturated carbocycles. The Hall–Kier alpha value is -0.520. The zero-order chi connectivity index (χ0) is 7.82. The Morgan fingerprint density at radius 2 is 2.40 bits per heavy atom. The average Bonchev–Trinajstić information content (AvgIpc) is 1.87. The zero-order valence-electron chi connectivity index (χ0n) is 5.86. The topological polar surface area (TPSA) is 35.8 Å². The Bertz CT molecular complexity index is 137. The van der Waals surface area contributed by atoms with Crippen LogP contribution in [0.4, 0.5) is 0 Å². The first-order valence-corrected chi connectivity index (χ1v) is 3.56. The maximum Gasteiger partial charge on any atom is 0.0622 e. The number of halogens is 1. The molecule has 3 heteroatoms. The summed E-state index contributed by atoms with van der Waals surface area (Å²) < 4.78 is 0. The smallest absolute Gasteiger partial charge is 0.0622 e. The second kappa shape index (κ2) is 6.60. The summed E-state index contributed by atoms with van der Waals surface area (Å²) in [6.07, 6.45) is 1.47. The van der Waals surface area contributed by atoms with E-state index in [-0.39, 0.29) is 0 Å². The average molecular weight is 159 g/mol. The van der Waals surface area contributed by atoms with E-state index in [1.165, 1.54) is 0 Å². The van der Waals surface area contributed by atoms with E-state index >= 15 is 0 Å². The molecular weight excluding hydrogens is 148 g/mol. The number of unbranched alkanes of at least 4 members (excludes halogenated alkanes) is 1. The SMILES string of the molecule is C=C(Cl)CNCCCC#N. The molecule has 1 N–H and O–H groups in total. The van der Waals surface area contributed by atoms with E-state index in [2.05, 4.69) is 18.0 Å². The molecule has 0 rings (SSSR count). The third-order valence-corrected chi connectivity index (χ3v) is 1.09. The lowest BCUT2D eigenvalue weighted by atomic mass is 10.3. The summed E-state index contributed by atoms with van der Waals surface area (Å²) in [5.74, 6) is 0. The summed E-state index contributed by atoms with van der Waals surface area (Å²) >= 11 is 5.47. The molecular formula is C7H11ClN2. The number of nitriles is 1. The van der Waals surface area contributed by atoms with Crippen molar-refractivity contribution in [3.63, 3.8) is 0 Å². The van der Waals surface area contributed by atoms with Crippen LogP contribution in [0.15, 0.2) is 11.6 Å². The normalized spacial score (nSPS) is 8.80. The highest BCUT2D eigenvalue weighted by Crippen LogP contribution is 1.92. The number of rotatable bonds is 5. The van der Waals surface area contributed by atoms with Crippen molar-refractivity contribution < 1.29 is 0 Å². The standard InChI is InChI=1S/C7H11ClN2/c1-7(8)6-10-5-3-2-4-9/h10H,1-3,5-6H2. The molecule has 0 heterocycles. The van der Waals surface area contributed by atoms with Gasteiger partial charge in [-0.25, -0.2) is 0 Å². The van der Waals surface area contributed by atoms with E-state index < -0.39 is 0 Å². The molecule has 0 fully saturated rings. The highest BCUT2D eigenvalue weighted by molar-refractivity contribution is 6.29.